The van der Waals surface area contributed by atoms with Crippen molar-refractivity contribution < 1.29 is 14.4 Å². The first-order valence-corrected chi connectivity index (χ1v) is 9.65. The van der Waals surface area contributed by atoms with Crippen molar-refractivity contribution in [1.82, 2.24) is 10.2 Å². The summed E-state index contributed by atoms with van der Waals surface area (Å²) in [7, 11) is 0. The van der Waals surface area contributed by atoms with Gasteiger partial charge in [-0.2, -0.15) is 0 Å². The zero-order chi connectivity index (χ0) is 18.7. The fraction of sp³-hybridized carbons (Fsp3) is 0.312. The van der Waals surface area contributed by atoms with Gasteiger partial charge < -0.3 is 16.0 Å². The van der Waals surface area contributed by atoms with Gasteiger partial charge in [-0.25, -0.2) is 0 Å². The highest BCUT2D eigenvalue weighted by molar-refractivity contribution is 8.01. The molecule has 2 aromatic rings. The molecule has 0 unspecified atom stereocenters. The number of primary amides is 1. The van der Waals surface area contributed by atoms with Crippen molar-refractivity contribution in [2.24, 2.45) is 11.7 Å². The van der Waals surface area contributed by atoms with E-state index in [1.54, 1.807) is 4.90 Å². The third kappa shape index (κ3) is 4.20. The van der Waals surface area contributed by atoms with Gasteiger partial charge in [-0.05, 0) is 18.6 Å². The fourth-order valence-electron chi connectivity index (χ4n) is 2.64. The van der Waals surface area contributed by atoms with Crippen molar-refractivity contribution >= 4 is 51.6 Å². The first-order valence-electron chi connectivity index (χ1n) is 7.85. The van der Waals surface area contributed by atoms with Crippen LogP contribution in [0.2, 0.25) is 0 Å². The quantitative estimate of drug-likeness (QED) is 0.568. The number of carbonyl (C=O) groups excluding carboxylic acids is 3. The number of anilines is 2. The molecule has 1 aliphatic rings. The summed E-state index contributed by atoms with van der Waals surface area (Å²) in [5.41, 5.74) is 6.90. The number of aryl methyl sites for hydroxylation is 1. The minimum Gasteiger partial charge on any atom is -0.369 e. The predicted octanol–water partition coefficient (Wildman–Crippen LogP) is 1.42. The number of nitrogens with two attached hydrogens (primary N) is 1. The van der Waals surface area contributed by atoms with E-state index in [0.717, 1.165) is 22.6 Å². The number of aromatic nitrogens is 2. The van der Waals surface area contributed by atoms with Crippen LogP contribution < -0.4 is 16.0 Å². The Morgan fingerprint density at radius 2 is 2.15 bits per heavy atom. The maximum atomic E-state index is 12.5. The van der Waals surface area contributed by atoms with Crippen LogP contribution in [0.3, 0.4) is 0 Å². The van der Waals surface area contributed by atoms with E-state index in [1.807, 2.05) is 31.2 Å². The van der Waals surface area contributed by atoms with Crippen molar-refractivity contribution in [2.75, 3.05) is 22.5 Å². The van der Waals surface area contributed by atoms with Crippen LogP contribution >= 0.6 is 23.1 Å². The largest absolute Gasteiger partial charge is 0.369 e. The minimum atomic E-state index is -0.451. The highest BCUT2D eigenvalue weighted by atomic mass is 32.2. The zero-order valence-electron chi connectivity index (χ0n) is 14.0. The molecule has 0 saturated carbocycles. The molecule has 1 fully saturated rings. The molecular formula is C16H17N5O3S2. The number of carbonyl (C=O) groups is 3. The van der Waals surface area contributed by atoms with E-state index in [0.29, 0.717) is 16.0 Å². The third-order valence-corrected chi connectivity index (χ3v) is 5.87. The summed E-state index contributed by atoms with van der Waals surface area (Å²) >= 11 is 2.33. The van der Waals surface area contributed by atoms with Crippen LogP contribution in [0.5, 0.6) is 0 Å². The minimum absolute atomic E-state index is 0.0746. The molecule has 8 nitrogen and oxygen atoms in total. The highest BCUT2D eigenvalue weighted by Gasteiger charge is 2.36. The Kier molecular flexibility index (Phi) is 5.52. The van der Waals surface area contributed by atoms with Crippen LogP contribution in [-0.2, 0) is 14.4 Å². The van der Waals surface area contributed by atoms with Gasteiger partial charge in [0, 0.05) is 18.7 Å². The van der Waals surface area contributed by atoms with Gasteiger partial charge in [-0.3, -0.25) is 14.4 Å². The monoisotopic (exact) mass is 391 g/mol. The van der Waals surface area contributed by atoms with Crippen molar-refractivity contribution in [1.29, 1.82) is 0 Å². The van der Waals surface area contributed by atoms with Gasteiger partial charge in [0.2, 0.25) is 22.9 Å². The number of hydrogen-bond donors (Lipinski definition) is 2. The summed E-state index contributed by atoms with van der Waals surface area (Å²) < 4.78 is 0.545. The van der Waals surface area contributed by atoms with Crippen LogP contribution in [0.15, 0.2) is 28.6 Å². The molecule has 0 bridgehead atoms. The molecule has 1 saturated heterocycles. The number of amides is 3. The summed E-state index contributed by atoms with van der Waals surface area (Å²) in [5, 5.41) is 10.8. The van der Waals surface area contributed by atoms with E-state index in [-0.39, 0.29) is 24.0 Å². The van der Waals surface area contributed by atoms with Gasteiger partial charge in [-0.15, -0.1) is 10.2 Å². The Hall–Kier alpha value is -2.46. The number of thioether (sulfide) groups is 1. The normalized spacial score (nSPS) is 16.7. The number of nitrogens with zero attached hydrogens (tertiary/aromatic N) is 3. The number of nitrogens with one attached hydrogen (secondary N) is 1. The van der Waals surface area contributed by atoms with Crippen LogP contribution in [0, 0.1) is 12.8 Å². The molecule has 0 spiro atoms. The predicted molar refractivity (Wildman–Crippen MR) is 100 cm³/mol. The third-order valence-electron chi connectivity index (χ3n) is 3.88. The lowest BCUT2D eigenvalue weighted by atomic mass is 10.1. The number of para-hydroxylation sites is 1. The lowest BCUT2D eigenvalue weighted by Gasteiger charge is -2.18. The molecule has 1 atom stereocenters. The van der Waals surface area contributed by atoms with Crippen molar-refractivity contribution in [3.8, 4) is 0 Å². The smallest absolute Gasteiger partial charge is 0.231 e. The van der Waals surface area contributed by atoms with Gasteiger partial charge in [0.15, 0.2) is 4.34 Å². The molecule has 2 heterocycles. The van der Waals surface area contributed by atoms with Crippen LogP contribution in [0.25, 0.3) is 0 Å². The maximum Gasteiger partial charge on any atom is 0.231 e. The Labute approximate surface area is 158 Å². The van der Waals surface area contributed by atoms with E-state index >= 15 is 0 Å². The summed E-state index contributed by atoms with van der Waals surface area (Å²) in [5.74, 6) is -1.14. The Bertz CT molecular complexity index is 854. The molecule has 26 heavy (non-hydrogen) atoms. The SMILES string of the molecule is Cc1ccccc1N1C[C@@H](C(=O)Nc2nnc(SCC(N)=O)s2)CC1=O. The van der Waals surface area contributed by atoms with Gasteiger partial charge in [0.05, 0.1) is 11.7 Å². The topological polar surface area (TPSA) is 118 Å². The van der Waals surface area contributed by atoms with Gasteiger partial charge in [-0.1, -0.05) is 41.3 Å². The second-order valence-corrected chi connectivity index (χ2v) is 8.01. The van der Waals surface area contributed by atoms with Gasteiger partial charge in [0.25, 0.3) is 0 Å². The standard InChI is InChI=1S/C16H17N5O3S2/c1-9-4-2-3-5-11(9)21-7-10(6-13(21)23)14(24)18-15-19-20-16(26-15)25-8-12(17)22/h2-5,10H,6-8H2,1H3,(H2,17,22)(H,18,19,24)/t10-/m0/s1. The van der Waals surface area contributed by atoms with E-state index < -0.39 is 11.8 Å². The molecule has 1 aromatic heterocycles. The lowest BCUT2D eigenvalue weighted by Crippen LogP contribution is -2.28. The second kappa shape index (κ2) is 7.83. The average molecular weight is 391 g/mol. The van der Waals surface area contributed by atoms with Crippen LogP contribution in [0.4, 0.5) is 10.8 Å². The second-order valence-electron chi connectivity index (χ2n) is 5.81. The van der Waals surface area contributed by atoms with E-state index in [1.165, 1.54) is 11.8 Å². The van der Waals surface area contributed by atoms with E-state index in [4.69, 9.17) is 5.73 Å². The first-order chi connectivity index (χ1) is 12.4. The van der Waals surface area contributed by atoms with Gasteiger partial charge >= 0.3 is 0 Å². The summed E-state index contributed by atoms with van der Waals surface area (Å²) in [6, 6.07) is 7.59. The molecule has 0 aliphatic carbocycles. The first kappa shape index (κ1) is 18.3. The molecule has 3 N–H and O–H groups in total. The Morgan fingerprint density at radius 1 is 1.38 bits per heavy atom. The maximum absolute atomic E-state index is 12.5. The summed E-state index contributed by atoms with van der Waals surface area (Å²) in [6.07, 6.45) is 0.155. The zero-order valence-corrected chi connectivity index (χ0v) is 15.6. The average Bonchev–Trinajstić information content (AvgIpc) is 3.20. The molecule has 0 radical (unpaired) electrons. The van der Waals surface area contributed by atoms with Crippen molar-refractivity contribution in [3.63, 3.8) is 0 Å². The van der Waals surface area contributed by atoms with Crippen LogP contribution in [0.1, 0.15) is 12.0 Å². The summed E-state index contributed by atoms with van der Waals surface area (Å²) in [4.78, 5) is 37.2. The van der Waals surface area contributed by atoms with Crippen LogP contribution in [-0.4, -0.2) is 40.2 Å². The molecule has 136 valence electrons. The Morgan fingerprint density at radius 3 is 2.88 bits per heavy atom. The van der Waals surface area contributed by atoms with Crippen molar-refractivity contribution in [2.45, 2.75) is 17.7 Å². The lowest BCUT2D eigenvalue weighted by molar-refractivity contribution is -0.122. The molecule has 10 heteroatoms. The molecule has 3 rings (SSSR count). The molecule has 3 amide bonds. The van der Waals surface area contributed by atoms with E-state index in [2.05, 4.69) is 15.5 Å². The van der Waals surface area contributed by atoms with E-state index in [9.17, 15) is 14.4 Å². The highest BCUT2D eigenvalue weighted by Crippen LogP contribution is 2.29. The number of benzene rings is 1. The Balaban J connectivity index is 1.62. The number of hydrogen-bond acceptors (Lipinski definition) is 7. The molecule has 1 aromatic carbocycles. The van der Waals surface area contributed by atoms with Crippen molar-refractivity contribution in [3.05, 3.63) is 29.8 Å². The summed E-state index contributed by atoms with van der Waals surface area (Å²) in [6.45, 7) is 2.26. The number of rotatable bonds is 6. The fourth-order valence-corrected chi connectivity index (χ4v) is 4.14. The van der Waals surface area contributed by atoms with Gasteiger partial charge in [0.1, 0.15) is 0 Å². The molecule has 1 aliphatic heterocycles. The molecular weight excluding hydrogens is 374 g/mol.